The Morgan fingerprint density at radius 1 is 1.38 bits per heavy atom. The molecule has 0 saturated carbocycles. The fraction of sp³-hybridized carbons (Fsp3) is 0.450. The van der Waals surface area contributed by atoms with E-state index in [1.807, 2.05) is 12.2 Å². The smallest absolute Gasteiger partial charge is 0.352 e. The molecule has 0 bridgehead atoms. The number of tetrazole rings is 1. The van der Waals surface area contributed by atoms with Crippen molar-refractivity contribution in [2.75, 3.05) is 23.8 Å². The number of carbonyl (C=O) groups excluding carboxylic acids is 2. The molecule has 4 heterocycles. The molecule has 2 aromatic heterocycles. The average Bonchev–Trinajstić information content (AvgIpc) is 3.69. The Bertz CT molecular complexity index is 1370. The van der Waals surface area contributed by atoms with Crippen molar-refractivity contribution in [2.45, 2.75) is 42.1 Å². The van der Waals surface area contributed by atoms with E-state index in [1.165, 1.54) is 33.1 Å². The van der Waals surface area contributed by atoms with Crippen LogP contribution in [0.4, 0.5) is 5.13 Å². The van der Waals surface area contributed by atoms with Crippen LogP contribution in [0, 0.1) is 0 Å². The van der Waals surface area contributed by atoms with Crippen molar-refractivity contribution in [3.63, 3.8) is 0 Å². The number of aromatic nitrogens is 6. The Kier molecular flexibility index (Phi) is 8.10. The number of rotatable bonds is 11. The molecule has 1 fully saturated rings. The van der Waals surface area contributed by atoms with Crippen molar-refractivity contribution in [3.8, 4) is 0 Å². The van der Waals surface area contributed by atoms with Gasteiger partial charge in [0.1, 0.15) is 23.2 Å². The van der Waals surface area contributed by atoms with Crippen LogP contribution in [-0.2, 0) is 25.8 Å². The van der Waals surface area contributed by atoms with E-state index in [-0.39, 0.29) is 34.2 Å². The molecule has 0 spiro atoms. The summed E-state index contributed by atoms with van der Waals surface area (Å²) in [7, 11) is 0. The number of carboxylic acids is 1. The first kappa shape index (κ1) is 27.0. The minimum atomic E-state index is -1.24. The Labute approximate surface area is 233 Å². The van der Waals surface area contributed by atoms with Gasteiger partial charge in [0.05, 0.1) is 6.54 Å². The van der Waals surface area contributed by atoms with E-state index in [1.54, 1.807) is 0 Å². The van der Waals surface area contributed by atoms with Crippen molar-refractivity contribution >= 4 is 63.7 Å². The number of aliphatic carboxylic acids is 1. The van der Waals surface area contributed by atoms with Crippen LogP contribution >= 0.6 is 35.1 Å². The number of nitrogens with one attached hydrogen (secondary N) is 1. The summed E-state index contributed by atoms with van der Waals surface area (Å²) in [6.45, 7) is 0.760. The molecular formula is C20H23N11O5S3. The fourth-order valence-corrected chi connectivity index (χ4v) is 6.87. The van der Waals surface area contributed by atoms with Crippen LogP contribution in [0.25, 0.3) is 0 Å². The van der Waals surface area contributed by atoms with Gasteiger partial charge in [-0.25, -0.2) is 9.48 Å². The SMILES string of the molecule is NCCn1nnnc1SCC1=C(C(=O)O)N2C(=O)C(NC(=O)C(=NOC3C=CCC3)c3nsc(N)n3)[C@H]2SC1. The lowest BCUT2D eigenvalue weighted by molar-refractivity contribution is -0.150. The van der Waals surface area contributed by atoms with Gasteiger partial charge < -0.3 is 26.7 Å². The Morgan fingerprint density at radius 2 is 2.23 bits per heavy atom. The van der Waals surface area contributed by atoms with Crippen LogP contribution in [0.15, 0.2) is 33.7 Å². The van der Waals surface area contributed by atoms with Crippen LogP contribution in [0.3, 0.4) is 0 Å². The van der Waals surface area contributed by atoms with Crippen molar-refractivity contribution < 1.29 is 24.3 Å². The second kappa shape index (κ2) is 11.7. The summed E-state index contributed by atoms with van der Waals surface area (Å²) in [5, 5.41) is 28.0. The van der Waals surface area contributed by atoms with Gasteiger partial charge in [0, 0.05) is 29.6 Å². The highest BCUT2D eigenvalue weighted by Gasteiger charge is 2.54. The third-order valence-corrected chi connectivity index (χ3v) is 8.79. The van der Waals surface area contributed by atoms with Crippen LogP contribution < -0.4 is 16.8 Å². The van der Waals surface area contributed by atoms with E-state index < -0.39 is 29.2 Å². The van der Waals surface area contributed by atoms with E-state index in [0.29, 0.717) is 36.0 Å². The zero-order chi connectivity index (χ0) is 27.5. The highest BCUT2D eigenvalue weighted by molar-refractivity contribution is 8.01. The molecule has 2 aromatic rings. The predicted octanol–water partition coefficient (Wildman–Crippen LogP) is -0.964. The molecule has 206 valence electrons. The summed E-state index contributed by atoms with van der Waals surface area (Å²) in [4.78, 5) is 49.2. The monoisotopic (exact) mass is 593 g/mol. The normalized spacial score (nSPS) is 22.6. The molecule has 3 atom stereocenters. The number of hydrogen-bond donors (Lipinski definition) is 4. The number of carboxylic acid groups (broad SMARTS) is 1. The molecule has 2 amide bonds. The molecular weight excluding hydrogens is 570 g/mol. The summed E-state index contributed by atoms with van der Waals surface area (Å²) in [5.74, 6) is -1.97. The van der Waals surface area contributed by atoms with Gasteiger partial charge in [-0.1, -0.05) is 23.0 Å². The first-order chi connectivity index (χ1) is 18.9. The van der Waals surface area contributed by atoms with Crippen LogP contribution in [0.2, 0.25) is 0 Å². The Hall–Kier alpha value is -3.55. The number of nitrogen functional groups attached to an aromatic ring is 1. The average molecular weight is 594 g/mol. The minimum absolute atomic E-state index is 0.0284. The topological polar surface area (TPSA) is 230 Å². The number of hydrogen-bond acceptors (Lipinski definition) is 15. The maximum Gasteiger partial charge on any atom is 0.352 e. The number of carbonyl (C=O) groups is 3. The highest BCUT2D eigenvalue weighted by Crippen LogP contribution is 2.41. The van der Waals surface area contributed by atoms with Crippen LogP contribution in [0.5, 0.6) is 0 Å². The lowest BCUT2D eigenvalue weighted by Crippen LogP contribution is -2.71. The van der Waals surface area contributed by atoms with Gasteiger partial charge in [0.2, 0.25) is 16.7 Å². The fourth-order valence-electron chi connectivity index (χ4n) is 4.05. The van der Waals surface area contributed by atoms with E-state index in [2.05, 4.69) is 35.4 Å². The first-order valence-electron chi connectivity index (χ1n) is 11.7. The van der Waals surface area contributed by atoms with Gasteiger partial charge in [0.15, 0.2) is 5.13 Å². The maximum absolute atomic E-state index is 13.2. The van der Waals surface area contributed by atoms with E-state index in [0.717, 1.165) is 18.0 Å². The number of thioether (sulfide) groups is 2. The Balaban J connectivity index is 1.30. The van der Waals surface area contributed by atoms with Crippen molar-refractivity contribution in [1.82, 2.24) is 39.8 Å². The molecule has 2 aliphatic heterocycles. The standard InChI is InChI=1S/C20H23N11O5S3/c21-5-6-30-20(25-28-29-30)38-8-9-7-37-17-12(16(33)31(17)13(9)18(34)35)23-15(32)11(14-24-19(22)39-27-14)26-36-10-3-1-2-4-10/h1,3,10,12,17H,2,4-8,21H2,(H,23,32)(H,34,35)(H2,22,24,27)/t10?,12?,17-/m1/s1. The van der Waals surface area contributed by atoms with Gasteiger partial charge in [0.25, 0.3) is 11.8 Å². The molecule has 16 nitrogen and oxygen atoms in total. The van der Waals surface area contributed by atoms with E-state index >= 15 is 0 Å². The number of nitrogens with two attached hydrogens (primary N) is 2. The summed E-state index contributed by atoms with van der Waals surface area (Å²) in [6, 6.07) is -0.976. The van der Waals surface area contributed by atoms with Crippen molar-refractivity contribution in [3.05, 3.63) is 29.2 Å². The summed E-state index contributed by atoms with van der Waals surface area (Å²) < 4.78 is 5.57. The summed E-state index contributed by atoms with van der Waals surface area (Å²) in [5.41, 5.74) is 11.5. The zero-order valence-corrected chi connectivity index (χ0v) is 22.6. The molecule has 1 saturated heterocycles. The number of amides is 2. The molecule has 1 aliphatic carbocycles. The minimum Gasteiger partial charge on any atom is -0.477 e. The Morgan fingerprint density at radius 3 is 2.92 bits per heavy atom. The van der Waals surface area contributed by atoms with Crippen LogP contribution in [-0.4, -0.2) is 98.6 Å². The van der Waals surface area contributed by atoms with Gasteiger partial charge in [-0.15, -0.1) is 16.9 Å². The van der Waals surface area contributed by atoms with Gasteiger partial charge in [-0.2, -0.15) is 9.36 Å². The molecule has 39 heavy (non-hydrogen) atoms. The molecule has 19 heteroatoms. The summed E-state index contributed by atoms with van der Waals surface area (Å²) in [6.07, 6.45) is 5.04. The number of allylic oxidation sites excluding steroid dienone is 1. The number of β-lactam (4-membered cyclic amide) rings is 1. The predicted molar refractivity (Wildman–Crippen MR) is 141 cm³/mol. The number of oxime groups is 1. The quantitative estimate of drug-likeness (QED) is 0.0808. The first-order valence-corrected chi connectivity index (χ1v) is 14.5. The van der Waals surface area contributed by atoms with Gasteiger partial charge in [-0.3, -0.25) is 14.5 Å². The second-order valence-electron chi connectivity index (χ2n) is 8.43. The molecule has 0 aromatic carbocycles. The zero-order valence-electron chi connectivity index (χ0n) is 20.2. The molecule has 2 unspecified atom stereocenters. The molecule has 3 aliphatic rings. The molecule has 0 radical (unpaired) electrons. The number of fused-ring (bicyclic) bond motifs is 1. The lowest BCUT2D eigenvalue weighted by Gasteiger charge is -2.49. The maximum atomic E-state index is 13.2. The van der Waals surface area contributed by atoms with E-state index in [4.69, 9.17) is 16.3 Å². The molecule has 5 rings (SSSR count). The summed E-state index contributed by atoms with van der Waals surface area (Å²) >= 11 is 3.48. The second-order valence-corrected chi connectivity index (χ2v) is 11.3. The molecule has 6 N–H and O–H groups in total. The van der Waals surface area contributed by atoms with E-state index in [9.17, 15) is 19.5 Å². The lowest BCUT2D eigenvalue weighted by atomic mass is 10.0. The van der Waals surface area contributed by atoms with Gasteiger partial charge in [-0.05, 0) is 34.9 Å². The number of nitrogens with zero attached hydrogens (tertiary/aromatic N) is 8. The largest absolute Gasteiger partial charge is 0.477 e. The van der Waals surface area contributed by atoms with Crippen molar-refractivity contribution in [1.29, 1.82) is 0 Å². The van der Waals surface area contributed by atoms with Gasteiger partial charge >= 0.3 is 5.97 Å². The highest BCUT2D eigenvalue weighted by atomic mass is 32.2. The number of anilines is 1. The third kappa shape index (κ3) is 5.60. The van der Waals surface area contributed by atoms with Crippen molar-refractivity contribution in [2.24, 2.45) is 10.9 Å². The third-order valence-electron chi connectivity index (χ3n) is 5.87. The van der Waals surface area contributed by atoms with Crippen LogP contribution in [0.1, 0.15) is 18.7 Å².